The quantitative estimate of drug-likeness (QED) is 0.753. The van der Waals surface area contributed by atoms with Crippen molar-refractivity contribution in [3.8, 4) is 0 Å². The standard InChI is InChI=1S/C16H11ClF2N2/c17-13-4-6-15(12-2-1-7-20-16(12)13)21-9-10-8-11(18)3-5-14(10)19/h1-8,21H,9H2. The van der Waals surface area contributed by atoms with Crippen LogP contribution in [0.2, 0.25) is 5.02 Å². The van der Waals surface area contributed by atoms with Gasteiger partial charge in [-0.05, 0) is 42.5 Å². The van der Waals surface area contributed by atoms with Gasteiger partial charge < -0.3 is 5.32 Å². The van der Waals surface area contributed by atoms with Crippen molar-refractivity contribution in [1.29, 1.82) is 0 Å². The molecule has 1 heterocycles. The van der Waals surface area contributed by atoms with Gasteiger partial charge in [-0.2, -0.15) is 0 Å². The van der Waals surface area contributed by atoms with Gasteiger partial charge in [0.25, 0.3) is 0 Å². The molecule has 0 saturated heterocycles. The van der Waals surface area contributed by atoms with Gasteiger partial charge in [-0.15, -0.1) is 0 Å². The zero-order chi connectivity index (χ0) is 14.8. The molecular formula is C16H11ClF2N2. The first-order chi connectivity index (χ1) is 10.1. The second-order valence-corrected chi connectivity index (χ2v) is 4.99. The number of hydrogen-bond acceptors (Lipinski definition) is 2. The molecule has 0 saturated carbocycles. The number of halogens is 3. The summed E-state index contributed by atoms with van der Waals surface area (Å²) in [7, 11) is 0. The van der Waals surface area contributed by atoms with Crippen molar-refractivity contribution in [1.82, 2.24) is 4.98 Å². The third-order valence-electron chi connectivity index (χ3n) is 3.20. The Morgan fingerprint density at radius 3 is 2.81 bits per heavy atom. The number of benzene rings is 2. The lowest BCUT2D eigenvalue weighted by atomic mass is 10.1. The van der Waals surface area contributed by atoms with E-state index in [0.29, 0.717) is 10.5 Å². The van der Waals surface area contributed by atoms with E-state index in [4.69, 9.17) is 11.6 Å². The normalized spacial score (nSPS) is 10.8. The van der Waals surface area contributed by atoms with Gasteiger partial charge in [-0.25, -0.2) is 8.78 Å². The average Bonchev–Trinajstić information content (AvgIpc) is 2.50. The first kappa shape index (κ1) is 13.8. The van der Waals surface area contributed by atoms with E-state index >= 15 is 0 Å². The largest absolute Gasteiger partial charge is 0.380 e. The van der Waals surface area contributed by atoms with Crippen molar-refractivity contribution in [2.75, 3.05) is 5.32 Å². The molecule has 5 heteroatoms. The Morgan fingerprint density at radius 1 is 1.10 bits per heavy atom. The number of pyridine rings is 1. The minimum atomic E-state index is -0.462. The number of rotatable bonds is 3. The Kier molecular flexibility index (Phi) is 3.71. The zero-order valence-electron chi connectivity index (χ0n) is 10.9. The zero-order valence-corrected chi connectivity index (χ0v) is 11.7. The first-order valence-corrected chi connectivity index (χ1v) is 6.74. The van der Waals surface area contributed by atoms with Crippen molar-refractivity contribution in [2.45, 2.75) is 6.54 Å². The minimum Gasteiger partial charge on any atom is -0.380 e. The number of aromatic nitrogens is 1. The van der Waals surface area contributed by atoms with Crippen LogP contribution < -0.4 is 5.32 Å². The van der Waals surface area contributed by atoms with Crippen LogP contribution in [-0.2, 0) is 6.54 Å². The number of fused-ring (bicyclic) bond motifs is 1. The van der Waals surface area contributed by atoms with Crippen LogP contribution in [-0.4, -0.2) is 4.98 Å². The molecule has 21 heavy (non-hydrogen) atoms. The molecule has 0 spiro atoms. The molecule has 0 atom stereocenters. The van der Waals surface area contributed by atoms with Gasteiger partial charge in [-0.3, -0.25) is 4.98 Å². The molecule has 3 aromatic rings. The summed E-state index contributed by atoms with van der Waals surface area (Å²) < 4.78 is 26.8. The van der Waals surface area contributed by atoms with E-state index in [2.05, 4.69) is 10.3 Å². The van der Waals surface area contributed by atoms with E-state index in [9.17, 15) is 8.78 Å². The predicted octanol–water partition coefficient (Wildman–Crippen LogP) is 4.78. The summed E-state index contributed by atoms with van der Waals surface area (Å²) in [5.74, 6) is -0.906. The van der Waals surface area contributed by atoms with E-state index in [0.717, 1.165) is 23.2 Å². The molecule has 3 rings (SSSR count). The van der Waals surface area contributed by atoms with E-state index in [1.165, 1.54) is 6.07 Å². The Labute approximate surface area is 125 Å². The van der Waals surface area contributed by atoms with Gasteiger partial charge in [-0.1, -0.05) is 11.6 Å². The maximum absolute atomic E-state index is 13.6. The highest BCUT2D eigenvalue weighted by atomic mass is 35.5. The van der Waals surface area contributed by atoms with Crippen LogP contribution in [0, 0.1) is 11.6 Å². The fourth-order valence-electron chi connectivity index (χ4n) is 2.16. The van der Waals surface area contributed by atoms with E-state index < -0.39 is 11.6 Å². The highest BCUT2D eigenvalue weighted by Crippen LogP contribution is 2.28. The van der Waals surface area contributed by atoms with Gasteiger partial charge in [0.2, 0.25) is 0 Å². The number of nitrogens with zero attached hydrogens (tertiary/aromatic N) is 1. The fraction of sp³-hybridized carbons (Fsp3) is 0.0625. The summed E-state index contributed by atoms with van der Waals surface area (Å²) in [5.41, 5.74) is 1.71. The van der Waals surface area contributed by atoms with Crippen LogP contribution in [0.1, 0.15) is 5.56 Å². The van der Waals surface area contributed by atoms with Crippen molar-refractivity contribution in [3.63, 3.8) is 0 Å². The smallest absolute Gasteiger partial charge is 0.128 e. The van der Waals surface area contributed by atoms with Crippen LogP contribution in [0.25, 0.3) is 10.9 Å². The lowest BCUT2D eigenvalue weighted by molar-refractivity contribution is 0.587. The SMILES string of the molecule is Fc1ccc(F)c(CNc2ccc(Cl)c3ncccc23)c1. The fourth-order valence-corrected chi connectivity index (χ4v) is 2.38. The van der Waals surface area contributed by atoms with E-state index in [1.807, 2.05) is 6.07 Å². The first-order valence-electron chi connectivity index (χ1n) is 6.36. The van der Waals surface area contributed by atoms with Gasteiger partial charge in [0, 0.05) is 29.4 Å². The molecule has 2 nitrogen and oxygen atoms in total. The molecule has 0 radical (unpaired) electrons. The second-order valence-electron chi connectivity index (χ2n) is 4.58. The highest BCUT2D eigenvalue weighted by Gasteiger charge is 2.07. The Balaban J connectivity index is 1.92. The summed E-state index contributed by atoms with van der Waals surface area (Å²) in [5, 5.41) is 4.48. The topological polar surface area (TPSA) is 24.9 Å². The molecule has 0 aliphatic carbocycles. The summed E-state index contributed by atoms with van der Waals surface area (Å²) in [6.07, 6.45) is 1.66. The van der Waals surface area contributed by atoms with Crippen LogP contribution >= 0.6 is 11.6 Å². The summed E-state index contributed by atoms with van der Waals surface area (Å²) in [4.78, 5) is 4.22. The predicted molar refractivity (Wildman–Crippen MR) is 80.4 cm³/mol. The monoisotopic (exact) mass is 304 g/mol. The molecule has 0 aliphatic rings. The molecule has 0 fully saturated rings. The van der Waals surface area contributed by atoms with E-state index in [-0.39, 0.29) is 12.1 Å². The van der Waals surface area contributed by atoms with Gasteiger partial charge in [0.1, 0.15) is 11.6 Å². The molecule has 106 valence electrons. The van der Waals surface area contributed by atoms with Gasteiger partial charge >= 0.3 is 0 Å². The summed E-state index contributed by atoms with van der Waals surface area (Å²) in [6.45, 7) is 0.176. The van der Waals surface area contributed by atoms with Crippen molar-refractivity contribution in [2.24, 2.45) is 0 Å². The Morgan fingerprint density at radius 2 is 1.95 bits per heavy atom. The number of anilines is 1. The van der Waals surface area contributed by atoms with Crippen molar-refractivity contribution in [3.05, 3.63) is 70.9 Å². The lowest BCUT2D eigenvalue weighted by Gasteiger charge is -2.11. The minimum absolute atomic E-state index is 0.176. The molecule has 1 aromatic heterocycles. The second kappa shape index (κ2) is 5.66. The van der Waals surface area contributed by atoms with Crippen molar-refractivity contribution < 1.29 is 8.78 Å². The maximum atomic E-state index is 13.6. The van der Waals surface area contributed by atoms with Gasteiger partial charge in [0.05, 0.1) is 10.5 Å². The Bertz CT molecular complexity index is 805. The Hall–Kier alpha value is -2.20. The molecular weight excluding hydrogens is 294 g/mol. The molecule has 1 N–H and O–H groups in total. The molecule has 0 amide bonds. The summed E-state index contributed by atoms with van der Waals surface area (Å²) >= 11 is 6.09. The number of nitrogens with one attached hydrogen (secondary N) is 1. The maximum Gasteiger partial charge on any atom is 0.128 e. The lowest BCUT2D eigenvalue weighted by Crippen LogP contribution is -2.03. The summed E-state index contributed by atoms with van der Waals surface area (Å²) in [6, 6.07) is 10.6. The van der Waals surface area contributed by atoms with Crippen LogP contribution in [0.3, 0.4) is 0 Å². The van der Waals surface area contributed by atoms with Crippen LogP contribution in [0.15, 0.2) is 48.7 Å². The molecule has 2 aromatic carbocycles. The third-order valence-corrected chi connectivity index (χ3v) is 3.50. The highest BCUT2D eigenvalue weighted by molar-refractivity contribution is 6.35. The van der Waals surface area contributed by atoms with E-state index in [1.54, 1.807) is 24.4 Å². The molecule has 0 bridgehead atoms. The molecule has 0 aliphatic heterocycles. The van der Waals surface area contributed by atoms with Gasteiger partial charge in [0.15, 0.2) is 0 Å². The van der Waals surface area contributed by atoms with Crippen molar-refractivity contribution >= 4 is 28.2 Å². The average molecular weight is 305 g/mol. The van der Waals surface area contributed by atoms with Crippen LogP contribution in [0.5, 0.6) is 0 Å². The van der Waals surface area contributed by atoms with Crippen LogP contribution in [0.4, 0.5) is 14.5 Å². The third kappa shape index (κ3) is 2.81. The number of hydrogen-bond donors (Lipinski definition) is 1. The molecule has 0 unspecified atom stereocenters.